The molecule has 0 saturated heterocycles. The van der Waals surface area contributed by atoms with Gasteiger partial charge in [0.15, 0.2) is 11.6 Å². The Balaban J connectivity index is 1.86. The molecule has 0 spiro atoms. The van der Waals surface area contributed by atoms with Crippen LogP contribution in [0.5, 0.6) is 5.75 Å². The Morgan fingerprint density at radius 2 is 2.12 bits per heavy atom. The first-order valence-electron chi connectivity index (χ1n) is 8.17. The second-order valence-corrected chi connectivity index (χ2v) is 7.87. The molecule has 0 saturated carbocycles. The van der Waals surface area contributed by atoms with E-state index in [-0.39, 0.29) is 16.0 Å². The summed E-state index contributed by atoms with van der Waals surface area (Å²) in [7, 11) is 0. The van der Waals surface area contributed by atoms with E-state index < -0.39 is 11.6 Å². The number of halogens is 2. The normalized spacial score (nSPS) is 15.2. The van der Waals surface area contributed by atoms with Crippen molar-refractivity contribution in [3.05, 3.63) is 56.0 Å². The number of phenolic OH excluding ortho intramolecular Hbond substituents is 1. The molecule has 2 N–H and O–H groups in total. The number of hydrogen-bond acceptors (Lipinski definition) is 4. The van der Waals surface area contributed by atoms with Crippen molar-refractivity contribution in [3.63, 3.8) is 0 Å². The number of rotatable bonds is 2. The molecule has 0 fully saturated rings. The van der Waals surface area contributed by atoms with Gasteiger partial charge in [-0.1, -0.05) is 32.4 Å². The third-order valence-corrected chi connectivity index (χ3v) is 4.63. The first-order valence-corrected chi connectivity index (χ1v) is 8.54. The fourth-order valence-electron chi connectivity index (χ4n) is 2.95. The minimum atomic E-state index is -0.732. The fraction of sp³-hybridized carbons (Fsp3) is 0.444. The Morgan fingerprint density at radius 1 is 1.40 bits per heavy atom. The van der Waals surface area contributed by atoms with Gasteiger partial charge in [-0.05, 0) is 24.1 Å². The molecule has 0 atom stereocenters. The van der Waals surface area contributed by atoms with Crippen LogP contribution in [0.4, 0.5) is 4.39 Å². The molecule has 1 aliphatic rings. The first-order chi connectivity index (χ1) is 11.6. The number of aromatic amines is 1. The molecule has 3 rings (SSSR count). The Morgan fingerprint density at radius 3 is 2.76 bits per heavy atom. The van der Waals surface area contributed by atoms with E-state index in [2.05, 4.69) is 14.9 Å². The van der Waals surface area contributed by atoms with Gasteiger partial charge in [0.2, 0.25) is 0 Å². The predicted octanol–water partition coefficient (Wildman–Crippen LogP) is 3.12. The molecule has 2 heterocycles. The van der Waals surface area contributed by atoms with E-state index in [1.807, 2.05) is 20.8 Å². The lowest BCUT2D eigenvalue weighted by Crippen LogP contribution is -2.36. The van der Waals surface area contributed by atoms with E-state index in [1.165, 1.54) is 6.07 Å². The van der Waals surface area contributed by atoms with Gasteiger partial charge in [-0.15, -0.1) is 0 Å². The van der Waals surface area contributed by atoms with Crippen LogP contribution in [0, 0.1) is 5.82 Å². The molecule has 2 aromatic rings. The molecule has 1 aromatic heterocycles. The highest BCUT2D eigenvalue weighted by molar-refractivity contribution is 6.32. The standard InChI is InChI=1S/C18H21ClFN3O2/c1-18(2,3)17-21-14-9-23(5-4-11(14)16(25)22-17)8-10-6-12(19)15(24)13(20)7-10/h6-7,24H,4-5,8-9H2,1-3H3,(H,21,22,25). The van der Waals surface area contributed by atoms with Crippen LogP contribution in [0.2, 0.25) is 5.02 Å². The van der Waals surface area contributed by atoms with Crippen LogP contribution < -0.4 is 5.56 Å². The Kier molecular flexibility index (Phi) is 4.60. The minimum absolute atomic E-state index is 0.00278. The number of nitrogens with one attached hydrogen (secondary N) is 1. The molecule has 0 amide bonds. The number of H-pyrrole nitrogens is 1. The quantitative estimate of drug-likeness (QED) is 0.858. The summed E-state index contributed by atoms with van der Waals surface area (Å²) in [5.74, 6) is -0.598. The van der Waals surface area contributed by atoms with Crippen molar-refractivity contribution in [1.29, 1.82) is 0 Å². The van der Waals surface area contributed by atoms with Gasteiger partial charge in [0.05, 0.1) is 10.7 Å². The van der Waals surface area contributed by atoms with Crippen LogP contribution in [0.1, 0.15) is 43.4 Å². The van der Waals surface area contributed by atoms with Crippen LogP contribution in [0.15, 0.2) is 16.9 Å². The van der Waals surface area contributed by atoms with Crippen molar-refractivity contribution in [1.82, 2.24) is 14.9 Å². The largest absolute Gasteiger partial charge is 0.504 e. The summed E-state index contributed by atoms with van der Waals surface area (Å²) in [6, 6.07) is 2.84. The zero-order valence-corrected chi connectivity index (χ0v) is 15.2. The van der Waals surface area contributed by atoms with Crippen molar-refractivity contribution >= 4 is 11.6 Å². The third kappa shape index (κ3) is 3.70. The van der Waals surface area contributed by atoms with Gasteiger partial charge in [-0.3, -0.25) is 9.69 Å². The summed E-state index contributed by atoms with van der Waals surface area (Å²) in [5, 5.41) is 9.43. The molecule has 1 aliphatic heterocycles. The summed E-state index contributed by atoms with van der Waals surface area (Å²) in [6.45, 7) is 7.66. The number of fused-ring (bicyclic) bond motifs is 1. The molecule has 0 bridgehead atoms. The molecule has 0 radical (unpaired) electrons. The highest BCUT2D eigenvalue weighted by Crippen LogP contribution is 2.29. The number of benzene rings is 1. The third-order valence-electron chi connectivity index (χ3n) is 4.35. The van der Waals surface area contributed by atoms with E-state index >= 15 is 0 Å². The maximum atomic E-state index is 13.7. The minimum Gasteiger partial charge on any atom is -0.504 e. The van der Waals surface area contributed by atoms with Gasteiger partial charge < -0.3 is 10.1 Å². The molecular weight excluding hydrogens is 345 g/mol. The maximum Gasteiger partial charge on any atom is 0.254 e. The predicted molar refractivity (Wildman–Crippen MR) is 94.5 cm³/mol. The van der Waals surface area contributed by atoms with Crippen molar-refractivity contribution in [3.8, 4) is 5.75 Å². The summed E-state index contributed by atoms with van der Waals surface area (Å²) in [5.41, 5.74) is 1.84. The Labute approximate surface area is 150 Å². The van der Waals surface area contributed by atoms with E-state index in [0.717, 1.165) is 11.3 Å². The van der Waals surface area contributed by atoms with Crippen LogP contribution >= 0.6 is 11.6 Å². The second kappa shape index (κ2) is 6.42. The number of aromatic nitrogens is 2. The number of aromatic hydroxyl groups is 1. The van der Waals surface area contributed by atoms with E-state index in [1.54, 1.807) is 6.07 Å². The zero-order valence-electron chi connectivity index (χ0n) is 14.5. The fourth-order valence-corrected chi connectivity index (χ4v) is 3.18. The van der Waals surface area contributed by atoms with Gasteiger partial charge in [-0.25, -0.2) is 9.37 Å². The monoisotopic (exact) mass is 365 g/mol. The smallest absolute Gasteiger partial charge is 0.254 e. The lowest BCUT2D eigenvalue weighted by atomic mass is 9.95. The SMILES string of the molecule is CC(C)(C)c1nc2c(c(=O)[nH]1)CCN(Cc1cc(F)c(O)c(Cl)c1)C2. The van der Waals surface area contributed by atoms with Crippen LogP contribution in [0.3, 0.4) is 0 Å². The number of phenols is 1. The molecular formula is C18H21ClFN3O2. The Hall–Kier alpha value is -1.92. The van der Waals surface area contributed by atoms with Gasteiger partial charge in [0, 0.05) is 30.6 Å². The lowest BCUT2D eigenvalue weighted by molar-refractivity contribution is 0.239. The second-order valence-electron chi connectivity index (χ2n) is 7.46. The van der Waals surface area contributed by atoms with Crippen molar-refractivity contribution in [2.24, 2.45) is 0 Å². The summed E-state index contributed by atoms with van der Waals surface area (Å²) in [4.78, 5) is 21.9. The average Bonchev–Trinajstić information content (AvgIpc) is 2.51. The van der Waals surface area contributed by atoms with E-state index in [4.69, 9.17) is 11.6 Å². The molecule has 0 unspecified atom stereocenters. The van der Waals surface area contributed by atoms with Gasteiger partial charge in [0.1, 0.15) is 5.82 Å². The summed E-state index contributed by atoms with van der Waals surface area (Å²) in [6.07, 6.45) is 0.594. The molecule has 7 heteroatoms. The first kappa shape index (κ1) is 17.9. The van der Waals surface area contributed by atoms with Gasteiger partial charge >= 0.3 is 0 Å². The number of nitrogens with zero attached hydrogens (tertiary/aromatic N) is 2. The lowest BCUT2D eigenvalue weighted by Gasteiger charge is -2.29. The Bertz CT molecular complexity index is 851. The van der Waals surface area contributed by atoms with E-state index in [9.17, 15) is 14.3 Å². The summed E-state index contributed by atoms with van der Waals surface area (Å²) >= 11 is 5.84. The molecule has 5 nitrogen and oxygen atoms in total. The van der Waals surface area contributed by atoms with E-state index in [0.29, 0.717) is 37.4 Å². The highest BCUT2D eigenvalue weighted by Gasteiger charge is 2.25. The summed E-state index contributed by atoms with van der Waals surface area (Å²) < 4.78 is 13.7. The topological polar surface area (TPSA) is 69.2 Å². The van der Waals surface area contributed by atoms with Crippen molar-refractivity contribution in [2.75, 3.05) is 6.54 Å². The average molecular weight is 366 g/mol. The van der Waals surface area contributed by atoms with Crippen molar-refractivity contribution in [2.45, 2.75) is 45.7 Å². The molecule has 25 heavy (non-hydrogen) atoms. The van der Waals surface area contributed by atoms with Crippen LogP contribution in [-0.2, 0) is 24.9 Å². The van der Waals surface area contributed by atoms with Crippen LogP contribution in [0.25, 0.3) is 0 Å². The van der Waals surface area contributed by atoms with Crippen molar-refractivity contribution < 1.29 is 9.50 Å². The van der Waals surface area contributed by atoms with Crippen LogP contribution in [-0.4, -0.2) is 26.5 Å². The molecule has 1 aromatic carbocycles. The molecule has 134 valence electrons. The highest BCUT2D eigenvalue weighted by atomic mass is 35.5. The zero-order chi connectivity index (χ0) is 18.4. The number of hydrogen-bond donors (Lipinski definition) is 2. The van der Waals surface area contributed by atoms with Gasteiger partial charge in [-0.2, -0.15) is 0 Å². The molecule has 0 aliphatic carbocycles. The van der Waals surface area contributed by atoms with Gasteiger partial charge in [0.25, 0.3) is 5.56 Å². The maximum absolute atomic E-state index is 13.7.